The van der Waals surface area contributed by atoms with Gasteiger partial charge in [-0.25, -0.2) is 0 Å². The standard InChI is InChI=1S/C46H80N6O2/c1-5-9-13-17-21-23-25-29-33-51-39-43(47-49-51)41-37-46(54-36-32-28-20-16-12-8-4)42(38-45(41)53-35-31-27-19-15-11-7-3)44-40-52(50-48-44)34-30-26-24-22-18-14-10-6-2/h37-40H,5-36H2,1-4H3. The second kappa shape index (κ2) is 30.3. The Morgan fingerprint density at radius 1 is 0.389 bits per heavy atom. The monoisotopic (exact) mass is 749 g/mol. The van der Waals surface area contributed by atoms with Crippen molar-refractivity contribution in [1.29, 1.82) is 0 Å². The summed E-state index contributed by atoms with van der Waals surface area (Å²) in [6, 6.07) is 4.26. The number of aryl methyl sites for hydroxylation is 2. The Labute approximate surface area is 331 Å². The minimum absolute atomic E-state index is 0.675. The summed E-state index contributed by atoms with van der Waals surface area (Å²) in [7, 11) is 0. The zero-order valence-electron chi connectivity index (χ0n) is 35.4. The second-order valence-corrected chi connectivity index (χ2v) is 15.8. The van der Waals surface area contributed by atoms with Crippen LogP contribution in [-0.2, 0) is 13.1 Å². The largest absolute Gasteiger partial charge is 0.493 e. The third-order valence-electron chi connectivity index (χ3n) is 10.7. The molecule has 0 fully saturated rings. The minimum Gasteiger partial charge on any atom is -0.493 e. The summed E-state index contributed by atoms with van der Waals surface area (Å²) in [5, 5.41) is 18.5. The number of nitrogens with zero attached hydrogens (tertiary/aromatic N) is 6. The van der Waals surface area contributed by atoms with Crippen molar-refractivity contribution >= 4 is 0 Å². The van der Waals surface area contributed by atoms with E-state index in [0.29, 0.717) is 13.2 Å². The molecule has 0 aliphatic carbocycles. The van der Waals surface area contributed by atoms with Gasteiger partial charge in [0, 0.05) is 24.2 Å². The molecule has 0 atom stereocenters. The molecule has 2 aromatic heterocycles. The summed E-state index contributed by atoms with van der Waals surface area (Å²) in [5.74, 6) is 1.64. The maximum atomic E-state index is 6.60. The molecule has 0 bridgehead atoms. The van der Waals surface area contributed by atoms with E-state index in [9.17, 15) is 0 Å². The van der Waals surface area contributed by atoms with Crippen LogP contribution >= 0.6 is 0 Å². The van der Waals surface area contributed by atoms with Gasteiger partial charge in [0.25, 0.3) is 0 Å². The van der Waals surface area contributed by atoms with Crippen molar-refractivity contribution in [3.8, 4) is 34.0 Å². The Balaban J connectivity index is 1.76. The predicted molar refractivity (Wildman–Crippen MR) is 227 cm³/mol. The van der Waals surface area contributed by atoms with Crippen molar-refractivity contribution in [2.45, 2.75) is 221 Å². The van der Waals surface area contributed by atoms with Crippen LogP contribution in [0.5, 0.6) is 11.5 Å². The molecule has 8 nitrogen and oxygen atoms in total. The molecule has 2 heterocycles. The van der Waals surface area contributed by atoms with Crippen LogP contribution in [0.15, 0.2) is 24.5 Å². The van der Waals surface area contributed by atoms with Gasteiger partial charge in [-0.05, 0) is 37.8 Å². The summed E-state index contributed by atoms with van der Waals surface area (Å²) in [6.45, 7) is 12.2. The molecule has 3 rings (SSSR count). The van der Waals surface area contributed by atoms with E-state index in [4.69, 9.17) is 9.47 Å². The fourth-order valence-electron chi connectivity index (χ4n) is 7.21. The topological polar surface area (TPSA) is 79.9 Å². The van der Waals surface area contributed by atoms with Gasteiger partial charge in [0.15, 0.2) is 0 Å². The van der Waals surface area contributed by atoms with Crippen LogP contribution in [0.25, 0.3) is 22.5 Å². The Hall–Kier alpha value is -2.90. The van der Waals surface area contributed by atoms with Gasteiger partial charge < -0.3 is 9.47 Å². The van der Waals surface area contributed by atoms with Crippen molar-refractivity contribution in [3.63, 3.8) is 0 Å². The molecule has 0 aliphatic heterocycles. The molecule has 8 heteroatoms. The molecule has 0 spiro atoms. The Morgan fingerprint density at radius 3 is 1.02 bits per heavy atom. The SMILES string of the molecule is CCCCCCCCCCn1cc(-c2cc(OCCCCCCCC)c(-c3cn(CCCCCCCCCC)nn3)cc2OCCCCCCCC)nn1. The third kappa shape index (κ3) is 19.1. The molecule has 0 aliphatic rings. The van der Waals surface area contributed by atoms with E-state index in [2.05, 4.69) is 72.8 Å². The van der Waals surface area contributed by atoms with E-state index in [-0.39, 0.29) is 0 Å². The molecular formula is C46H80N6O2. The van der Waals surface area contributed by atoms with Crippen molar-refractivity contribution in [1.82, 2.24) is 30.0 Å². The highest BCUT2D eigenvalue weighted by molar-refractivity contribution is 5.78. The number of benzene rings is 1. The third-order valence-corrected chi connectivity index (χ3v) is 10.7. The lowest BCUT2D eigenvalue weighted by Gasteiger charge is -2.16. The van der Waals surface area contributed by atoms with Crippen LogP contribution in [0.4, 0.5) is 0 Å². The molecular weight excluding hydrogens is 669 g/mol. The summed E-state index contributed by atoms with van der Waals surface area (Å²) in [5.41, 5.74) is 3.55. The van der Waals surface area contributed by atoms with Gasteiger partial charge >= 0.3 is 0 Å². The lowest BCUT2D eigenvalue weighted by atomic mass is 10.0. The fourth-order valence-corrected chi connectivity index (χ4v) is 7.21. The first kappa shape index (κ1) is 45.5. The Morgan fingerprint density at radius 2 is 0.685 bits per heavy atom. The first-order valence-electron chi connectivity index (χ1n) is 22.9. The van der Waals surface area contributed by atoms with Gasteiger partial charge in [-0.1, -0.05) is 192 Å². The molecule has 3 aromatic rings. The van der Waals surface area contributed by atoms with Crippen LogP contribution in [0, 0.1) is 0 Å². The summed E-state index contributed by atoms with van der Waals surface area (Å²) in [6.07, 6.45) is 39.6. The molecule has 306 valence electrons. The molecule has 0 amide bonds. The van der Waals surface area contributed by atoms with Crippen LogP contribution in [-0.4, -0.2) is 43.2 Å². The van der Waals surface area contributed by atoms with Crippen LogP contribution in [0.1, 0.15) is 207 Å². The number of ether oxygens (including phenoxy) is 2. The van der Waals surface area contributed by atoms with Gasteiger partial charge in [0.2, 0.25) is 0 Å². The van der Waals surface area contributed by atoms with Crippen LogP contribution in [0.3, 0.4) is 0 Å². The fraction of sp³-hybridized carbons (Fsp3) is 0.783. The smallest absolute Gasteiger partial charge is 0.129 e. The van der Waals surface area contributed by atoms with E-state index in [0.717, 1.165) is 72.8 Å². The highest BCUT2D eigenvalue weighted by atomic mass is 16.5. The lowest BCUT2D eigenvalue weighted by Crippen LogP contribution is -2.03. The number of rotatable bonds is 36. The quantitative estimate of drug-likeness (QED) is 0.0551. The summed E-state index contributed by atoms with van der Waals surface area (Å²) < 4.78 is 17.2. The van der Waals surface area contributed by atoms with Crippen molar-refractivity contribution < 1.29 is 9.47 Å². The van der Waals surface area contributed by atoms with E-state index in [1.54, 1.807) is 0 Å². The number of unbranched alkanes of at least 4 members (excludes halogenated alkanes) is 24. The van der Waals surface area contributed by atoms with Crippen LogP contribution < -0.4 is 9.47 Å². The molecule has 0 saturated heterocycles. The molecule has 54 heavy (non-hydrogen) atoms. The van der Waals surface area contributed by atoms with E-state index in [1.165, 1.54) is 154 Å². The lowest BCUT2D eigenvalue weighted by molar-refractivity contribution is 0.298. The molecule has 0 N–H and O–H groups in total. The average molecular weight is 749 g/mol. The zero-order valence-corrected chi connectivity index (χ0v) is 35.4. The number of hydrogen-bond acceptors (Lipinski definition) is 6. The average Bonchev–Trinajstić information content (AvgIpc) is 3.86. The van der Waals surface area contributed by atoms with Gasteiger partial charge in [-0.15, -0.1) is 10.2 Å². The maximum absolute atomic E-state index is 6.60. The number of hydrogen-bond donors (Lipinski definition) is 0. The second-order valence-electron chi connectivity index (χ2n) is 15.8. The highest BCUT2D eigenvalue weighted by Gasteiger charge is 2.20. The summed E-state index contributed by atoms with van der Waals surface area (Å²) >= 11 is 0. The first-order chi connectivity index (χ1) is 26.7. The first-order valence-corrected chi connectivity index (χ1v) is 22.9. The summed E-state index contributed by atoms with van der Waals surface area (Å²) in [4.78, 5) is 0. The van der Waals surface area contributed by atoms with Crippen molar-refractivity contribution in [2.75, 3.05) is 13.2 Å². The maximum Gasteiger partial charge on any atom is 0.129 e. The predicted octanol–water partition coefficient (Wildman–Crippen LogP) is 14.0. The Kier molecular flexibility index (Phi) is 25.6. The van der Waals surface area contributed by atoms with Gasteiger partial charge in [0.05, 0.1) is 25.6 Å². The van der Waals surface area contributed by atoms with Crippen molar-refractivity contribution in [2.24, 2.45) is 0 Å². The van der Waals surface area contributed by atoms with Crippen LogP contribution in [0.2, 0.25) is 0 Å². The number of aromatic nitrogens is 6. The van der Waals surface area contributed by atoms with Gasteiger partial charge in [-0.3, -0.25) is 9.36 Å². The van der Waals surface area contributed by atoms with E-state index < -0.39 is 0 Å². The normalized spacial score (nSPS) is 11.5. The zero-order chi connectivity index (χ0) is 38.3. The van der Waals surface area contributed by atoms with E-state index >= 15 is 0 Å². The van der Waals surface area contributed by atoms with Crippen molar-refractivity contribution in [3.05, 3.63) is 24.5 Å². The molecule has 1 aromatic carbocycles. The highest BCUT2D eigenvalue weighted by Crippen LogP contribution is 2.40. The Bertz CT molecular complexity index is 1220. The van der Waals surface area contributed by atoms with Gasteiger partial charge in [-0.2, -0.15) is 0 Å². The van der Waals surface area contributed by atoms with E-state index in [1.807, 2.05) is 9.36 Å². The minimum atomic E-state index is 0.675. The molecule has 0 radical (unpaired) electrons. The van der Waals surface area contributed by atoms with Gasteiger partial charge in [0.1, 0.15) is 22.9 Å². The molecule has 0 saturated carbocycles. The molecule has 0 unspecified atom stereocenters.